The molecule has 0 amide bonds. The van der Waals surface area contributed by atoms with E-state index in [0.29, 0.717) is 16.0 Å². The van der Waals surface area contributed by atoms with Gasteiger partial charge in [-0.1, -0.05) is 6.07 Å². The van der Waals surface area contributed by atoms with Crippen LogP contribution in [0.5, 0.6) is 11.5 Å². The van der Waals surface area contributed by atoms with Crippen molar-refractivity contribution >= 4 is 21.9 Å². The second-order valence-electron chi connectivity index (χ2n) is 3.42. The van der Waals surface area contributed by atoms with Crippen molar-refractivity contribution in [2.45, 2.75) is 12.5 Å². The molecular weight excluding hydrogens is 278 g/mol. The van der Waals surface area contributed by atoms with E-state index in [1.807, 2.05) is 0 Å². The minimum Gasteiger partial charge on any atom is -0.480 e. The van der Waals surface area contributed by atoms with Gasteiger partial charge in [0.05, 0.1) is 4.47 Å². The number of rotatable bonds is 3. The van der Waals surface area contributed by atoms with Crippen LogP contribution in [0.15, 0.2) is 16.6 Å². The summed E-state index contributed by atoms with van der Waals surface area (Å²) in [5.41, 5.74) is 6.26. The summed E-state index contributed by atoms with van der Waals surface area (Å²) in [6.07, 6.45) is 0.243. The molecule has 0 saturated carbocycles. The van der Waals surface area contributed by atoms with Crippen molar-refractivity contribution < 1.29 is 19.4 Å². The van der Waals surface area contributed by atoms with Crippen molar-refractivity contribution in [2.24, 2.45) is 5.73 Å². The summed E-state index contributed by atoms with van der Waals surface area (Å²) in [4.78, 5) is 10.7. The Hall–Kier alpha value is -1.27. The molecule has 2 rings (SSSR count). The lowest BCUT2D eigenvalue weighted by Crippen LogP contribution is -2.32. The summed E-state index contributed by atoms with van der Waals surface area (Å²) in [6, 6.07) is 2.61. The van der Waals surface area contributed by atoms with Gasteiger partial charge in [-0.25, -0.2) is 0 Å². The summed E-state index contributed by atoms with van der Waals surface area (Å²) < 4.78 is 11.1. The van der Waals surface area contributed by atoms with Crippen LogP contribution in [0.4, 0.5) is 0 Å². The normalized spacial score (nSPS) is 14.9. The second-order valence-corrected chi connectivity index (χ2v) is 4.21. The molecule has 0 fully saturated rings. The molecule has 1 heterocycles. The maximum absolute atomic E-state index is 10.7. The summed E-state index contributed by atoms with van der Waals surface area (Å²) in [5, 5.41) is 8.73. The van der Waals surface area contributed by atoms with E-state index in [0.717, 1.165) is 5.56 Å². The molecule has 3 N–H and O–H groups in total. The largest absolute Gasteiger partial charge is 0.480 e. The number of carboxylic acid groups (broad SMARTS) is 1. The molecule has 1 aromatic carbocycles. The van der Waals surface area contributed by atoms with Crippen molar-refractivity contribution in [2.75, 3.05) is 6.79 Å². The van der Waals surface area contributed by atoms with Gasteiger partial charge in [-0.05, 0) is 34.0 Å². The van der Waals surface area contributed by atoms with Crippen LogP contribution < -0.4 is 15.2 Å². The zero-order valence-corrected chi connectivity index (χ0v) is 9.86. The monoisotopic (exact) mass is 287 g/mol. The number of nitrogens with two attached hydrogens (primary N) is 1. The van der Waals surface area contributed by atoms with Crippen LogP contribution in [-0.2, 0) is 11.2 Å². The molecule has 1 aromatic rings. The highest BCUT2D eigenvalue weighted by molar-refractivity contribution is 9.10. The van der Waals surface area contributed by atoms with Gasteiger partial charge in [0.2, 0.25) is 6.79 Å². The fourth-order valence-electron chi connectivity index (χ4n) is 1.46. The summed E-state index contributed by atoms with van der Waals surface area (Å²) >= 11 is 3.36. The quantitative estimate of drug-likeness (QED) is 0.871. The number of fused-ring (bicyclic) bond motifs is 1. The van der Waals surface area contributed by atoms with Gasteiger partial charge in [0.15, 0.2) is 11.5 Å². The Morgan fingerprint density at radius 3 is 3.00 bits per heavy atom. The van der Waals surface area contributed by atoms with Crippen LogP contribution in [-0.4, -0.2) is 23.9 Å². The average Bonchev–Trinajstić information content (AvgIpc) is 2.70. The highest BCUT2D eigenvalue weighted by Crippen LogP contribution is 2.41. The molecule has 86 valence electrons. The molecule has 0 aliphatic carbocycles. The van der Waals surface area contributed by atoms with Crippen LogP contribution in [0.3, 0.4) is 0 Å². The summed E-state index contributed by atoms with van der Waals surface area (Å²) in [6.45, 7) is 0.183. The first-order valence-electron chi connectivity index (χ1n) is 4.65. The predicted molar refractivity (Wildman–Crippen MR) is 59.6 cm³/mol. The molecule has 1 atom stereocenters. The number of ether oxygens (including phenoxy) is 2. The Labute approximate surface area is 100 Å². The molecule has 1 aliphatic heterocycles. The number of carboxylic acids is 1. The zero-order chi connectivity index (χ0) is 11.7. The van der Waals surface area contributed by atoms with Gasteiger partial charge < -0.3 is 20.3 Å². The Bertz CT molecular complexity index is 435. The van der Waals surface area contributed by atoms with Crippen molar-refractivity contribution in [1.29, 1.82) is 0 Å². The number of benzene rings is 1. The number of hydrogen-bond acceptors (Lipinski definition) is 4. The minimum absolute atomic E-state index is 0.183. The first kappa shape index (κ1) is 11.2. The van der Waals surface area contributed by atoms with Gasteiger partial charge in [0.1, 0.15) is 6.04 Å². The molecule has 16 heavy (non-hydrogen) atoms. The maximum atomic E-state index is 10.7. The van der Waals surface area contributed by atoms with Crippen LogP contribution >= 0.6 is 15.9 Å². The van der Waals surface area contributed by atoms with Gasteiger partial charge in [-0.15, -0.1) is 0 Å². The highest BCUT2D eigenvalue weighted by atomic mass is 79.9. The van der Waals surface area contributed by atoms with E-state index in [2.05, 4.69) is 15.9 Å². The lowest BCUT2D eigenvalue weighted by Gasteiger charge is -2.09. The Morgan fingerprint density at radius 1 is 1.56 bits per heavy atom. The summed E-state index contributed by atoms with van der Waals surface area (Å²) in [7, 11) is 0. The van der Waals surface area contributed by atoms with E-state index < -0.39 is 12.0 Å². The van der Waals surface area contributed by atoms with E-state index >= 15 is 0 Å². The summed E-state index contributed by atoms with van der Waals surface area (Å²) in [5.74, 6) is 0.235. The van der Waals surface area contributed by atoms with Crippen molar-refractivity contribution in [3.05, 3.63) is 22.2 Å². The number of halogens is 1. The fraction of sp³-hybridized carbons (Fsp3) is 0.300. The Kier molecular flexibility index (Phi) is 3.02. The third-order valence-corrected chi connectivity index (χ3v) is 3.19. The number of carbonyl (C=O) groups is 1. The predicted octanol–water partition coefficient (Wildman–Crippen LogP) is 1.13. The molecule has 0 radical (unpaired) electrons. The standard InChI is InChI=1S/C10H10BrNO4/c11-8-5(3-6(12)10(13)14)1-2-7-9(8)16-4-15-7/h1-2,6H,3-4,12H2,(H,13,14). The van der Waals surface area contributed by atoms with Crippen LogP contribution in [0.2, 0.25) is 0 Å². The van der Waals surface area contributed by atoms with E-state index in [1.54, 1.807) is 12.1 Å². The zero-order valence-electron chi connectivity index (χ0n) is 8.27. The van der Waals surface area contributed by atoms with E-state index in [9.17, 15) is 4.79 Å². The number of aliphatic carboxylic acids is 1. The molecular formula is C10H10BrNO4. The molecule has 0 saturated heterocycles. The fourth-order valence-corrected chi connectivity index (χ4v) is 2.06. The Balaban J connectivity index is 2.26. The van der Waals surface area contributed by atoms with Gasteiger partial charge in [-0.2, -0.15) is 0 Å². The van der Waals surface area contributed by atoms with E-state index in [1.165, 1.54) is 0 Å². The van der Waals surface area contributed by atoms with Gasteiger partial charge in [0, 0.05) is 0 Å². The molecule has 0 bridgehead atoms. The van der Waals surface area contributed by atoms with Crippen LogP contribution in [0.25, 0.3) is 0 Å². The molecule has 1 unspecified atom stereocenters. The minimum atomic E-state index is -1.02. The molecule has 5 nitrogen and oxygen atoms in total. The molecule has 1 aliphatic rings. The first-order valence-corrected chi connectivity index (χ1v) is 5.44. The average molecular weight is 288 g/mol. The molecule has 6 heteroatoms. The molecule has 0 spiro atoms. The van der Waals surface area contributed by atoms with E-state index in [4.69, 9.17) is 20.3 Å². The lowest BCUT2D eigenvalue weighted by molar-refractivity contribution is -0.138. The van der Waals surface area contributed by atoms with Gasteiger partial charge >= 0.3 is 5.97 Å². The van der Waals surface area contributed by atoms with Crippen molar-refractivity contribution in [1.82, 2.24) is 0 Å². The maximum Gasteiger partial charge on any atom is 0.320 e. The third kappa shape index (κ3) is 1.98. The van der Waals surface area contributed by atoms with Crippen molar-refractivity contribution in [3.8, 4) is 11.5 Å². The van der Waals surface area contributed by atoms with Crippen molar-refractivity contribution in [3.63, 3.8) is 0 Å². The van der Waals surface area contributed by atoms with Crippen LogP contribution in [0.1, 0.15) is 5.56 Å². The second kappa shape index (κ2) is 4.31. The van der Waals surface area contributed by atoms with Crippen LogP contribution in [0, 0.1) is 0 Å². The highest BCUT2D eigenvalue weighted by Gasteiger charge is 2.21. The third-order valence-electron chi connectivity index (χ3n) is 2.32. The SMILES string of the molecule is NC(Cc1ccc2c(c1Br)OCO2)C(=O)O. The lowest BCUT2D eigenvalue weighted by atomic mass is 10.1. The first-order chi connectivity index (χ1) is 7.59. The topological polar surface area (TPSA) is 81.8 Å². The number of hydrogen-bond donors (Lipinski definition) is 2. The molecule has 0 aromatic heterocycles. The van der Waals surface area contributed by atoms with Gasteiger partial charge in [0.25, 0.3) is 0 Å². The van der Waals surface area contributed by atoms with E-state index in [-0.39, 0.29) is 13.2 Å². The van der Waals surface area contributed by atoms with Gasteiger partial charge in [-0.3, -0.25) is 4.79 Å². The Morgan fingerprint density at radius 2 is 2.31 bits per heavy atom. The smallest absolute Gasteiger partial charge is 0.320 e.